The molecule has 0 N–H and O–H groups in total. The fourth-order valence-corrected chi connectivity index (χ4v) is 4.11. The molecule has 0 saturated heterocycles. The van der Waals surface area contributed by atoms with E-state index in [1.165, 1.54) is 12.8 Å². The maximum atomic E-state index is 6.61. The predicted molar refractivity (Wildman–Crippen MR) is 141 cm³/mol. The van der Waals surface area contributed by atoms with E-state index in [2.05, 4.69) is 27.7 Å². The standard InChI is InChI=1S/C28H58O7/c1-9-13-17-19-21-27(29-5,30-6)25(33-23-15-11-3)35-26(34-24-16-12-4)28(31-7,32-8)22-20-18-14-10-2/h25-26H,9-24H2,1-8H3. The van der Waals surface area contributed by atoms with E-state index in [1.54, 1.807) is 28.4 Å². The van der Waals surface area contributed by atoms with Crippen molar-refractivity contribution in [2.24, 2.45) is 0 Å². The number of unbranched alkanes of at least 4 members (excludes halogenated alkanes) is 8. The third kappa shape index (κ3) is 12.7. The van der Waals surface area contributed by atoms with Gasteiger partial charge in [-0.05, 0) is 25.7 Å². The minimum absolute atomic E-state index is 0.537. The number of rotatable bonds is 26. The lowest BCUT2D eigenvalue weighted by Gasteiger charge is -2.43. The highest BCUT2D eigenvalue weighted by atomic mass is 16.8. The zero-order valence-electron chi connectivity index (χ0n) is 24.3. The van der Waals surface area contributed by atoms with E-state index in [0.29, 0.717) is 26.1 Å². The van der Waals surface area contributed by atoms with E-state index in [1.807, 2.05) is 0 Å². The summed E-state index contributed by atoms with van der Waals surface area (Å²) >= 11 is 0. The number of hydrogen-bond acceptors (Lipinski definition) is 7. The average Bonchev–Trinajstić information content (AvgIpc) is 2.89. The summed E-state index contributed by atoms with van der Waals surface area (Å²) in [5.74, 6) is -2.10. The van der Waals surface area contributed by atoms with Gasteiger partial charge in [0.05, 0.1) is 0 Å². The monoisotopic (exact) mass is 506 g/mol. The second-order valence-corrected chi connectivity index (χ2v) is 9.31. The van der Waals surface area contributed by atoms with Crippen molar-refractivity contribution in [2.45, 2.75) is 142 Å². The quantitative estimate of drug-likeness (QED) is 0.0907. The minimum atomic E-state index is -1.05. The predicted octanol–water partition coefficient (Wildman–Crippen LogP) is 7.21. The molecule has 0 radical (unpaired) electrons. The highest BCUT2D eigenvalue weighted by Gasteiger charge is 2.48. The van der Waals surface area contributed by atoms with Gasteiger partial charge in [-0.1, -0.05) is 79.1 Å². The molecule has 35 heavy (non-hydrogen) atoms. The van der Waals surface area contributed by atoms with Crippen LogP contribution in [0.25, 0.3) is 0 Å². The summed E-state index contributed by atoms with van der Waals surface area (Å²) < 4.78 is 43.1. The van der Waals surface area contributed by atoms with Crippen LogP contribution in [0.15, 0.2) is 0 Å². The molecule has 0 aromatic rings. The van der Waals surface area contributed by atoms with Crippen molar-refractivity contribution in [3.63, 3.8) is 0 Å². The number of hydrogen-bond donors (Lipinski definition) is 0. The van der Waals surface area contributed by atoms with Gasteiger partial charge in [0.25, 0.3) is 0 Å². The van der Waals surface area contributed by atoms with Crippen molar-refractivity contribution >= 4 is 0 Å². The van der Waals surface area contributed by atoms with Crippen LogP contribution in [0.1, 0.15) is 118 Å². The molecule has 7 heteroatoms. The SMILES string of the molecule is CCCCCCC(OC)(OC)C(OCCCC)OC(OCCCC)C(CCCCCC)(OC)OC. The first-order valence-corrected chi connectivity index (χ1v) is 14.1. The van der Waals surface area contributed by atoms with E-state index >= 15 is 0 Å². The molecule has 7 nitrogen and oxygen atoms in total. The summed E-state index contributed by atoms with van der Waals surface area (Å²) in [5.41, 5.74) is 0. The Labute approximate surface area is 216 Å². The van der Waals surface area contributed by atoms with Gasteiger partial charge < -0.3 is 33.2 Å². The zero-order valence-corrected chi connectivity index (χ0v) is 24.3. The molecule has 0 aliphatic heterocycles. The maximum Gasteiger partial charge on any atom is 0.220 e. The van der Waals surface area contributed by atoms with Gasteiger partial charge in [-0.25, -0.2) is 0 Å². The Hall–Kier alpha value is -0.280. The van der Waals surface area contributed by atoms with Gasteiger partial charge in [-0.15, -0.1) is 0 Å². The van der Waals surface area contributed by atoms with Crippen molar-refractivity contribution < 1.29 is 33.2 Å². The Morgan fingerprint density at radius 1 is 0.457 bits per heavy atom. The molecule has 2 unspecified atom stereocenters. The largest absolute Gasteiger partial charge is 0.349 e. The van der Waals surface area contributed by atoms with Crippen LogP contribution < -0.4 is 0 Å². The number of methoxy groups -OCH3 is 4. The summed E-state index contributed by atoms with van der Waals surface area (Å²) in [6.07, 6.45) is 12.3. The van der Waals surface area contributed by atoms with Crippen LogP contribution in [0.3, 0.4) is 0 Å². The summed E-state index contributed by atoms with van der Waals surface area (Å²) in [6.45, 7) is 9.75. The molecule has 0 aromatic heterocycles. The molecule has 0 rings (SSSR count). The Morgan fingerprint density at radius 3 is 1.09 bits per heavy atom. The molecule has 0 fully saturated rings. The Balaban J connectivity index is 5.96. The van der Waals surface area contributed by atoms with Crippen LogP contribution >= 0.6 is 0 Å². The molecular weight excluding hydrogens is 448 g/mol. The molecular formula is C28H58O7. The average molecular weight is 507 g/mol. The van der Waals surface area contributed by atoms with Crippen LogP contribution in [-0.2, 0) is 33.2 Å². The number of ether oxygens (including phenoxy) is 7. The van der Waals surface area contributed by atoms with Crippen molar-refractivity contribution in [1.29, 1.82) is 0 Å². The lowest BCUT2D eigenvalue weighted by atomic mass is 10.0. The highest BCUT2D eigenvalue weighted by Crippen LogP contribution is 2.34. The first kappa shape index (κ1) is 34.7. The first-order chi connectivity index (χ1) is 17.0. The zero-order chi connectivity index (χ0) is 26.4. The topological polar surface area (TPSA) is 64.6 Å². The van der Waals surface area contributed by atoms with Gasteiger partial charge in [-0.3, -0.25) is 0 Å². The van der Waals surface area contributed by atoms with Gasteiger partial charge >= 0.3 is 0 Å². The van der Waals surface area contributed by atoms with Gasteiger partial charge in [0.1, 0.15) is 0 Å². The highest BCUT2D eigenvalue weighted by molar-refractivity contribution is 4.80. The van der Waals surface area contributed by atoms with E-state index in [9.17, 15) is 0 Å². The molecule has 0 amide bonds. The molecule has 2 atom stereocenters. The Morgan fingerprint density at radius 2 is 0.800 bits per heavy atom. The molecule has 0 aliphatic carbocycles. The van der Waals surface area contributed by atoms with E-state index in [0.717, 1.165) is 64.2 Å². The van der Waals surface area contributed by atoms with Crippen LogP contribution in [0, 0.1) is 0 Å². The van der Waals surface area contributed by atoms with Gasteiger partial charge in [0, 0.05) is 54.5 Å². The normalized spacial score (nSPS) is 14.4. The fourth-order valence-electron chi connectivity index (χ4n) is 4.11. The van der Waals surface area contributed by atoms with Crippen molar-refractivity contribution in [3.8, 4) is 0 Å². The molecule has 0 spiro atoms. The van der Waals surface area contributed by atoms with Crippen LogP contribution in [0.5, 0.6) is 0 Å². The van der Waals surface area contributed by atoms with E-state index in [-0.39, 0.29) is 0 Å². The maximum absolute atomic E-state index is 6.61. The molecule has 0 heterocycles. The van der Waals surface area contributed by atoms with Gasteiger partial charge in [0.2, 0.25) is 24.2 Å². The summed E-state index contributed by atoms with van der Waals surface area (Å²) in [7, 11) is 6.61. The molecule has 0 aliphatic rings. The van der Waals surface area contributed by atoms with Gasteiger partial charge in [0.15, 0.2) is 0 Å². The molecule has 212 valence electrons. The fraction of sp³-hybridized carbons (Fsp3) is 1.00. The summed E-state index contributed by atoms with van der Waals surface area (Å²) in [5, 5.41) is 0. The van der Waals surface area contributed by atoms with Crippen molar-refractivity contribution in [1.82, 2.24) is 0 Å². The van der Waals surface area contributed by atoms with Crippen molar-refractivity contribution in [2.75, 3.05) is 41.7 Å². The summed E-state index contributed by atoms with van der Waals surface area (Å²) in [6, 6.07) is 0. The minimum Gasteiger partial charge on any atom is -0.349 e. The smallest absolute Gasteiger partial charge is 0.220 e. The first-order valence-electron chi connectivity index (χ1n) is 14.1. The lowest BCUT2D eigenvalue weighted by Crippen LogP contribution is -2.56. The lowest BCUT2D eigenvalue weighted by molar-refractivity contribution is -0.415. The van der Waals surface area contributed by atoms with Crippen LogP contribution in [0.2, 0.25) is 0 Å². The van der Waals surface area contributed by atoms with Crippen LogP contribution in [-0.4, -0.2) is 65.8 Å². The van der Waals surface area contributed by atoms with Crippen LogP contribution in [0.4, 0.5) is 0 Å². The second-order valence-electron chi connectivity index (χ2n) is 9.31. The van der Waals surface area contributed by atoms with E-state index in [4.69, 9.17) is 33.2 Å². The van der Waals surface area contributed by atoms with Crippen molar-refractivity contribution in [3.05, 3.63) is 0 Å². The van der Waals surface area contributed by atoms with Gasteiger partial charge in [-0.2, -0.15) is 0 Å². The Bertz CT molecular complexity index is 413. The third-order valence-electron chi connectivity index (χ3n) is 6.64. The summed E-state index contributed by atoms with van der Waals surface area (Å²) in [4.78, 5) is 0. The second kappa shape index (κ2) is 21.8. The Kier molecular flexibility index (Phi) is 21.6. The molecule has 0 bridgehead atoms. The third-order valence-corrected chi connectivity index (χ3v) is 6.64. The molecule has 0 saturated carbocycles. The molecule has 0 aromatic carbocycles. The van der Waals surface area contributed by atoms with E-state index < -0.39 is 24.2 Å².